The Morgan fingerprint density at radius 1 is 1.10 bits per heavy atom. The summed E-state index contributed by atoms with van der Waals surface area (Å²) in [6.45, 7) is 9.87. The maximum Gasteiger partial charge on any atom is -0.00120 e. The zero-order chi connectivity index (χ0) is 7.56. The van der Waals surface area contributed by atoms with Gasteiger partial charge < -0.3 is 0 Å². The molecule has 0 unspecified atom stereocenters. The molecule has 0 aliphatic carbocycles. The van der Waals surface area contributed by atoms with Crippen LogP contribution in [0.15, 0.2) is 24.3 Å². The summed E-state index contributed by atoms with van der Waals surface area (Å²) in [5, 5.41) is 0. The predicted octanol–water partition coefficient (Wildman–Crippen LogP) is 2.87. The molecule has 0 amide bonds. The average molecular weight is 132 g/mol. The fourth-order valence-electron chi connectivity index (χ4n) is 0.881. The topological polar surface area (TPSA) is 0 Å². The van der Waals surface area contributed by atoms with E-state index in [9.17, 15) is 0 Å². The second-order valence-corrected chi connectivity index (χ2v) is 2.82. The van der Waals surface area contributed by atoms with Gasteiger partial charge in [0.15, 0.2) is 0 Å². The fourth-order valence-corrected chi connectivity index (χ4v) is 0.881. The van der Waals surface area contributed by atoms with E-state index in [4.69, 9.17) is 6.92 Å². The molecule has 0 nitrogen and oxygen atoms in total. The molecule has 0 atom stereocenters. The van der Waals surface area contributed by atoms with Crippen molar-refractivity contribution in [1.29, 1.82) is 0 Å². The molecule has 0 heteroatoms. The van der Waals surface area contributed by atoms with Crippen molar-refractivity contribution in [2.75, 3.05) is 0 Å². The van der Waals surface area contributed by atoms with E-state index in [1.807, 2.05) is 12.1 Å². The van der Waals surface area contributed by atoms with E-state index in [1.54, 1.807) is 0 Å². The fraction of sp³-hybridized carbons (Fsp3) is 0.300. The molecule has 0 aliphatic heterocycles. The number of benzene rings is 1. The van der Waals surface area contributed by atoms with Crippen LogP contribution in [0, 0.1) is 6.92 Å². The molecule has 1 aromatic rings. The Bertz CT molecular complexity index is 194. The summed E-state index contributed by atoms with van der Waals surface area (Å²) >= 11 is 0. The summed E-state index contributed by atoms with van der Waals surface area (Å²) < 4.78 is 0. The highest BCUT2D eigenvalue weighted by Gasteiger charge is 1.95. The van der Waals surface area contributed by atoms with Gasteiger partial charge in [0.1, 0.15) is 0 Å². The van der Waals surface area contributed by atoms with Crippen molar-refractivity contribution in [3.63, 3.8) is 0 Å². The molecule has 0 aliphatic rings. The molecular formula is C10H12. The van der Waals surface area contributed by atoms with E-state index in [1.165, 1.54) is 5.56 Å². The van der Waals surface area contributed by atoms with Gasteiger partial charge in [0.05, 0.1) is 0 Å². The first-order valence-electron chi connectivity index (χ1n) is 3.55. The van der Waals surface area contributed by atoms with Crippen molar-refractivity contribution in [3.05, 3.63) is 42.3 Å². The normalized spacial score (nSPS) is 10.4. The molecule has 0 saturated carbocycles. The van der Waals surface area contributed by atoms with Crippen LogP contribution in [0.1, 0.15) is 30.9 Å². The van der Waals surface area contributed by atoms with Crippen LogP contribution in [0.2, 0.25) is 0 Å². The van der Waals surface area contributed by atoms with Crippen molar-refractivity contribution in [2.24, 2.45) is 0 Å². The lowest BCUT2D eigenvalue weighted by molar-refractivity contribution is 0.866. The van der Waals surface area contributed by atoms with Crippen LogP contribution in [0.25, 0.3) is 0 Å². The second-order valence-electron chi connectivity index (χ2n) is 2.82. The minimum atomic E-state index is 0.598. The van der Waals surface area contributed by atoms with Gasteiger partial charge in [0, 0.05) is 0 Å². The lowest BCUT2D eigenvalue weighted by Gasteiger charge is -2.03. The third-order valence-corrected chi connectivity index (χ3v) is 1.60. The number of rotatable bonds is 1. The summed E-state index contributed by atoms with van der Waals surface area (Å²) in [4.78, 5) is 0. The minimum absolute atomic E-state index is 0.598. The second kappa shape index (κ2) is 2.87. The zero-order valence-electron chi connectivity index (χ0n) is 6.46. The van der Waals surface area contributed by atoms with Crippen molar-refractivity contribution in [1.82, 2.24) is 0 Å². The van der Waals surface area contributed by atoms with Crippen LogP contribution in [-0.4, -0.2) is 0 Å². The summed E-state index contributed by atoms with van der Waals surface area (Å²) in [6, 6.07) is 8.02. The largest absolute Gasteiger partial charge is 0.0587 e. The molecule has 1 rings (SSSR count). The Balaban J connectivity index is 2.89. The zero-order valence-corrected chi connectivity index (χ0v) is 6.46. The highest BCUT2D eigenvalue weighted by atomic mass is 14.0. The van der Waals surface area contributed by atoms with Gasteiger partial charge in [0.2, 0.25) is 0 Å². The third kappa shape index (κ3) is 1.60. The van der Waals surface area contributed by atoms with E-state index >= 15 is 0 Å². The molecule has 10 heavy (non-hydrogen) atoms. The summed E-state index contributed by atoms with van der Waals surface area (Å²) in [6.07, 6.45) is 0. The SMILES string of the molecule is [CH]c1ccc(C(C)C)cc1. The first kappa shape index (κ1) is 7.33. The molecule has 0 N–H and O–H groups in total. The van der Waals surface area contributed by atoms with Gasteiger partial charge in [-0.05, 0) is 24.0 Å². The number of hydrogen-bond acceptors (Lipinski definition) is 0. The van der Waals surface area contributed by atoms with Gasteiger partial charge in [-0.2, -0.15) is 0 Å². The van der Waals surface area contributed by atoms with Crippen LogP contribution in [0.5, 0.6) is 0 Å². The van der Waals surface area contributed by atoms with Gasteiger partial charge >= 0.3 is 0 Å². The van der Waals surface area contributed by atoms with Gasteiger partial charge in [-0.3, -0.25) is 0 Å². The van der Waals surface area contributed by atoms with E-state index in [0.29, 0.717) is 5.92 Å². The van der Waals surface area contributed by atoms with Crippen LogP contribution >= 0.6 is 0 Å². The quantitative estimate of drug-likeness (QED) is 0.551. The van der Waals surface area contributed by atoms with Crippen molar-refractivity contribution < 1.29 is 0 Å². The third-order valence-electron chi connectivity index (χ3n) is 1.60. The molecular weight excluding hydrogens is 120 g/mol. The molecule has 0 aromatic heterocycles. The summed E-state index contributed by atoms with van der Waals surface area (Å²) in [7, 11) is 0. The van der Waals surface area contributed by atoms with Crippen LogP contribution in [0.3, 0.4) is 0 Å². The van der Waals surface area contributed by atoms with Crippen molar-refractivity contribution in [2.45, 2.75) is 19.8 Å². The lowest BCUT2D eigenvalue weighted by atomic mass is 10.0. The standard InChI is InChI=1S/C10H12/c1-8(2)10-6-4-9(3)5-7-10/h3-8H,1-2H3. The summed E-state index contributed by atoms with van der Waals surface area (Å²) in [5.41, 5.74) is 2.18. The molecule has 0 heterocycles. The van der Waals surface area contributed by atoms with Gasteiger partial charge in [-0.15, -0.1) is 0 Å². The number of hydrogen-bond donors (Lipinski definition) is 0. The molecule has 0 spiro atoms. The molecule has 2 radical (unpaired) electrons. The highest BCUT2D eigenvalue weighted by molar-refractivity contribution is 5.25. The maximum atomic E-state index is 5.53. The van der Waals surface area contributed by atoms with Gasteiger partial charge in [-0.1, -0.05) is 38.1 Å². The monoisotopic (exact) mass is 132 g/mol. The first-order chi connectivity index (χ1) is 4.70. The molecule has 52 valence electrons. The van der Waals surface area contributed by atoms with Gasteiger partial charge in [-0.25, -0.2) is 0 Å². The lowest BCUT2D eigenvalue weighted by Crippen LogP contribution is -1.85. The van der Waals surface area contributed by atoms with E-state index in [-0.39, 0.29) is 0 Å². The first-order valence-corrected chi connectivity index (χ1v) is 3.55. The molecule has 0 saturated heterocycles. The Labute approximate surface area is 62.9 Å². The summed E-state index contributed by atoms with van der Waals surface area (Å²) in [5.74, 6) is 0.598. The Morgan fingerprint density at radius 2 is 1.60 bits per heavy atom. The predicted molar refractivity (Wildman–Crippen MR) is 43.9 cm³/mol. The van der Waals surface area contributed by atoms with E-state index < -0.39 is 0 Å². The Kier molecular flexibility index (Phi) is 2.10. The Morgan fingerprint density at radius 3 is 2.00 bits per heavy atom. The van der Waals surface area contributed by atoms with Crippen molar-refractivity contribution >= 4 is 0 Å². The smallest absolute Gasteiger partial charge is 0.00120 e. The minimum Gasteiger partial charge on any atom is -0.0587 e. The highest BCUT2D eigenvalue weighted by Crippen LogP contribution is 2.13. The van der Waals surface area contributed by atoms with Gasteiger partial charge in [0.25, 0.3) is 0 Å². The van der Waals surface area contributed by atoms with E-state index in [2.05, 4.69) is 26.0 Å². The molecule has 0 fully saturated rings. The maximum absolute atomic E-state index is 5.53. The van der Waals surface area contributed by atoms with Crippen LogP contribution in [-0.2, 0) is 0 Å². The Hall–Kier alpha value is -0.780. The molecule has 1 aromatic carbocycles. The van der Waals surface area contributed by atoms with E-state index in [0.717, 1.165) is 5.56 Å². The van der Waals surface area contributed by atoms with Crippen molar-refractivity contribution in [3.8, 4) is 0 Å². The average Bonchev–Trinajstić information content (AvgIpc) is 1.88. The van der Waals surface area contributed by atoms with Crippen LogP contribution < -0.4 is 0 Å². The molecule has 0 bridgehead atoms. The van der Waals surface area contributed by atoms with Crippen LogP contribution in [0.4, 0.5) is 0 Å².